The number of benzene rings is 6. The van der Waals surface area contributed by atoms with Gasteiger partial charge in [-0.2, -0.15) is 0 Å². The minimum Gasteiger partial charge on any atom is -0.508 e. The van der Waals surface area contributed by atoms with Gasteiger partial charge in [-0.25, -0.2) is 4.79 Å². The Morgan fingerprint density at radius 3 is 1.50 bits per heavy atom. The lowest BCUT2D eigenvalue weighted by molar-refractivity contribution is 0.0300. The smallest absolute Gasteiger partial charge is 0.338 e. The first-order valence-electron chi connectivity index (χ1n) is 18.0. The number of methoxy groups -OCH3 is 3. The van der Waals surface area contributed by atoms with Crippen LogP contribution in [0.4, 0.5) is 0 Å². The Bertz CT molecular complexity index is 2100. The van der Waals surface area contributed by atoms with Crippen molar-refractivity contribution in [2.75, 3.05) is 21.3 Å². The van der Waals surface area contributed by atoms with E-state index in [9.17, 15) is 15.0 Å². The van der Waals surface area contributed by atoms with Crippen LogP contribution >= 0.6 is 0 Å². The first-order chi connectivity index (χ1) is 27.3. The van der Waals surface area contributed by atoms with Gasteiger partial charge in [-0.1, -0.05) is 97.1 Å². The molecule has 10 heteroatoms. The second-order valence-electron chi connectivity index (χ2n) is 12.9. The van der Waals surface area contributed by atoms with Crippen molar-refractivity contribution in [2.45, 2.75) is 38.8 Å². The van der Waals surface area contributed by atoms with Gasteiger partial charge in [0.15, 0.2) is 23.0 Å². The molecule has 6 aromatic carbocycles. The van der Waals surface area contributed by atoms with Crippen molar-refractivity contribution >= 4 is 5.97 Å². The Hall–Kier alpha value is -6.81. The molecule has 0 aliphatic carbocycles. The van der Waals surface area contributed by atoms with Crippen LogP contribution in [0.5, 0.6) is 46.0 Å². The number of hydrogen-bond acceptors (Lipinski definition) is 10. The van der Waals surface area contributed by atoms with Gasteiger partial charge >= 0.3 is 5.97 Å². The van der Waals surface area contributed by atoms with Crippen LogP contribution in [0.3, 0.4) is 0 Å². The van der Waals surface area contributed by atoms with Crippen molar-refractivity contribution < 1.29 is 48.2 Å². The van der Waals surface area contributed by atoms with E-state index >= 15 is 0 Å². The van der Waals surface area contributed by atoms with Gasteiger partial charge in [0.05, 0.1) is 26.9 Å². The van der Waals surface area contributed by atoms with E-state index in [0.29, 0.717) is 34.1 Å². The van der Waals surface area contributed by atoms with Crippen LogP contribution in [0, 0.1) is 0 Å². The van der Waals surface area contributed by atoms with Gasteiger partial charge in [-0.3, -0.25) is 0 Å². The fraction of sp³-hybridized carbons (Fsp3) is 0.196. The molecule has 0 fully saturated rings. The van der Waals surface area contributed by atoms with Crippen LogP contribution < -0.4 is 28.4 Å². The van der Waals surface area contributed by atoms with Gasteiger partial charge in [0.2, 0.25) is 11.5 Å². The highest BCUT2D eigenvalue weighted by molar-refractivity contribution is 5.91. The van der Waals surface area contributed by atoms with Crippen molar-refractivity contribution in [3.05, 3.63) is 167 Å². The summed E-state index contributed by atoms with van der Waals surface area (Å²) in [7, 11) is 4.39. The normalized spacial score (nSPS) is 11.3. The lowest BCUT2D eigenvalue weighted by Crippen LogP contribution is -2.24. The maximum Gasteiger partial charge on any atom is 0.338 e. The van der Waals surface area contributed by atoms with E-state index in [1.54, 1.807) is 36.4 Å². The third-order valence-corrected chi connectivity index (χ3v) is 8.97. The van der Waals surface area contributed by atoms with Crippen LogP contribution in [0.25, 0.3) is 0 Å². The van der Waals surface area contributed by atoms with E-state index in [-0.39, 0.29) is 61.2 Å². The summed E-state index contributed by atoms with van der Waals surface area (Å²) in [6, 6.07) is 40.5. The van der Waals surface area contributed by atoms with Crippen LogP contribution in [-0.2, 0) is 37.4 Å². The van der Waals surface area contributed by atoms with E-state index in [0.717, 1.165) is 16.7 Å². The van der Waals surface area contributed by atoms with Gasteiger partial charge in [0.25, 0.3) is 0 Å². The predicted octanol–water partition coefficient (Wildman–Crippen LogP) is 8.87. The fourth-order valence-electron chi connectivity index (χ4n) is 6.04. The molecule has 0 amide bonds. The molecule has 0 radical (unpaired) electrons. The molecular weight excluding hydrogens is 712 g/mol. The molecule has 56 heavy (non-hydrogen) atoms. The molecular formula is C46H44O10. The Morgan fingerprint density at radius 1 is 0.536 bits per heavy atom. The van der Waals surface area contributed by atoms with E-state index < -0.39 is 12.1 Å². The van der Waals surface area contributed by atoms with Crippen LogP contribution in [0.15, 0.2) is 133 Å². The lowest BCUT2D eigenvalue weighted by atomic mass is 9.99. The number of ether oxygens (including phenoxy) is 7. The highest BCUT2D eigenvalue weighted by atomic mass is 16.6. The summed E-state index contributed by atoms with van der Waals surface area (Å²) in [5, 5.41) is 21.4. The third kappa shape index (κ3) is 10.2. The Kier molecular flexibility index (Phi) is 13.2. The van der Waals surface area contributed by atoms with E-state index in [1.807, 2.05) is 91.0 Å². The molecule has 288 valence electrons. The molecule has 2 N–H and O–H groups in total. The minimum absolute atomic E-state index is 0.0145. The van der Waals surface area contributed by atoms with E-state index in [4.69, 9.17) is 33.2 Å². The standard InChI is InChI=1S/C46H44O10/c1-50-37-20-19-35(39(47)27-37)24-38(21-34-22-40(51-2)44(48)41(23-34)52-3)56-46(49)36-25-42(53-28-31-13-7-4-8-14-31)45(55-30-33-17-11-6-12-18-33)43(26-36)54-29-32-15-9-5-10-16-32/h4-20,22-23,25-27,38,47-48H,21,24,28-30H2,1-3H3. The zero-order chi connectivity index (χ0) is 39.3. The van der Waals surface area contributed by atoms with E-state index in [2.05, 4.69) is 0 Å². The predicted molar refractivity (Wildman–Crippen MR) is 211 cm³/mol. The Labute approximate surface area is 326 Å². The quantitative estimate of drug-likeness (QED) is 0.0823. The topological polar surface area (TPSA) is 122 Å². The second kappa shape index (κ2) is 19.0. The molecule has 0 aliphatic heterocycles. The highest BCUT2D eigenvalue weighted by Gasteiger charge is 2.25. The number of esters is 1. The molecule has 0 spiro atoms. The molecule has 0 saturated heterocycles. The minimum atomic E-state index is -0.808. The summed E-state index contributed by atoms with van der Waals surface area (Å²) in [4.78, 5) is 14.3. The fourth-order valence-corrected chi connectivity index (χ4v) is 6.04. The van der Waals surface area contributed by atoms with Crippen LogP contribution in [0.1, 0.15) is 38.2 Å². The second-order valence-corrected chi connectivity index (χ2v) is 12.9. The largest absolute Gasteiger partial charge is 0.508 e. The molecule has 10 nitrogen and oxygen atoms in total. The maximum absolute atomic E-state index is 14.3. The average molecular weight is 757 g/mol. The Morgan fingerprint density at radius 2 is 1.04 bits per heavy atom. The lowest BCUT2D eigenvalue weighted by Gasteiger charge is -2.22. The number of carbonyl (C=O) groups excluding carboxylic acids is 1. The van der Waals surface area contributed by atoms with Gasteiger partial charge in [-0.05, 0) is 58.1 Å². The SMILES string of the molecule is COc1ccc(CC(Cc2cc(OC)c(O)c(OC)c2)OC(=O)c2cc(OCc3ccccc3)c(OCc3ccccc3)c(OCc3ccccc3)c2)c(O)c1. The molecule has 1 unspecified atom stereocenters. The van der Waals surface area contributed by atoms with Gasteiger partial charge in [0, 0.05) is 18.9 Å². The molecule has 0 bridgehead atoms. The monoisotopic (exact) mass is 756 g/mol. The van der Waals surface area contributed by atoms with Crippen LogP contribution in [-0.4, -0.2) is 43.6 Å². The number of carbonyl (C=O) groups is 1. The zero-order valence-corrected chi connectivity index (χ0v) is 31.5. The molecule has 6 rings (SSSR count). The number of rotatable bonds is 18. The third-order valence-electron chi connectivity index (χ3n) is 8.97. The Balaban J connectivity index is 1.37. The number of hydrogen-bond donors (Lipinski definition) is 2. The zero-order valence-electron chi connectivity index (χ0n) is 31.5. The van der Waals surface area contributed by atoms with Gasteiger partial charge in [-0.15, -0.1) is 0 Å². The van der Waals surface area contributed by atoms with Crippen molar-refractivity contribution in [3.8, 4) is 46.0 Å². The first-order valence-corrected chi connectivity index (χ1v) is 18.0. The summed E-state index contributed by atoms with van der Waals surface area (Å²) in [6.45, 7) is 0.618. The molecule has 0 aliphatic rings. The first kappa shape index (κ1) is 38.9. The van der Waals surface area contributed by atoms with Crippen molar-refractivity contribution in [1.29, 1.82) is 0 Å². The summed E-state index contributed by atoms with van der Waals surface area (Å²) in [6.07, 6.45) is -0.491. The number of phenols is 2. The maximum atomic E-state index is 14.3. The highest BCUT2D eigenvalue weighted by Crippen LogP contribution is 2.41. The van der Waals surface area contributed by atoms with Gasteiger partial charge in [0.1, 0.15) is 37.4 Å². The van der Waals surface area contributed by atoms with Crippen molar-refractivity contribution in [2.24, 2.45) is 0 Å². The molecule has 0 heterocycles. The van der Waals surface area contributed by atoms with Gasteiger partial charge < -0.3 is 43.4 Å². The summed E-state index contributed by atoms with van der Waals surface area (Å²) in [5.41, 5.74) is 4.12. The number of phenolic OH excluding ortho intramolecular Hbond substituents is 2. The summed E-state index contributed by atoms with van der Waals surface area (Å²) >= 11 is 0. The summed E-state index contributed by atoms with van der Waals surface area (Å²) < 4.78 is 41.5. The van der Waals surface area contributed by atoms with Crippen molar-refractivity contribution in [1.82, 2.24) is 0 Å². The van der Waals surface area contributed by atoms with E-state index in [1.165, 1.54) is 27.4 Å². The molecule has 6 aromatic rings. The molecule has 0 saturated carbocycles. The van der Waals surface area contributed by atoms with Crippen molar-refractivity contribution in [3.63, 3.8) is 0 Å². The number of aromatic hydroxyl groups is 2. The van der Waals surface area contributed by atoms with Crippen LogP contribution in [0.2, 0.25) is 0 Å². The average Bonchev–Trinajstić information content (AvgIpc) is 3.23. The molecule has 1 atom stereocenters. The summed E-state index contributed by atoms with van der Waals surface area (Å²) in [5.74, 6) is 0.962. The molecule has 0 aromatic heterocycles.